The second-order valence-corrected chi connectivity index (χ2v) is 4.69. The molecular formula is C15H16N4O3. The monoisotopic (exact) mass is 300 g/mol. The third-order valence-corrected chi connectivity index (χ3v) is 3.16. The Morgan fingerprint density at radius 1 is 1.23 bits per heavy atom. The standard InChI is InChI=1S/C15H16N4O3/c1-17-15(22)12(8-13(16)20)19-14(21)10-4-2-6-11-9(10)5-3-7-18-11/h2-7,12H,8H2,1H3,(H2,16,20)(H,17,22)(H,19,21)/t12-/m0/s1. The summed E-state index contributed by atoms with van der Waals surface area (Å²) in [6, 6.07) is 7.59. The average Bonchev–Trinajstić information content (AvgIpc) is 2.52. The van der Waals surface area contributed by atoms with E-state index < -0.39 is 23.8 Å². The molecular weight excluding hydrogens is 284 g/mol. The summed E-state index contributed by atoms with van der Waals surface area (Å²) in [5, 5.41) is 5.58. The number of amides is 3. The second kappa shape index (κ2) is 6.66. The second-order valence-electron chi connectivity index (χ2n) is 4.69. The molecule has 2 rings (SSSR count). The maximum atomic E-state index is 12.4. The van der Waals surface area contributed by atoms with Crippen LogP contribution in [0.1, 0.15) is 16.8 Å². The van der Waals surface area contributed by atoms with Gasteiger partial charge in [-0.1, -0.05) is 12.1 Å². The third-order valence-electron chi connectivity index (χ3n) is 3.16. The van der Waals surface area contributed by atoms with Crippen molar-refractivity contribution in [1.29, 1.82) is 0 Å². The maximum absolute atomic E-state index is 12.4. The largest absolute Gasteiger partial charge is 0.370 e. The van der Waals surface area contributed by atoms with Crippen molar-refractivity contribution in [2.45, 2.75) is 12.5 Å². The van der Waals surface area contributed by atoms with Crippen LogP contribution in [0.25, 0.3) is 10.9 Å². The first-order valence-electron chi connectivity index (χ1n) is 6.67. The van der Waals surface area contributed by atoms with Crippen LogP contribution >= 0.6 is 0 Å². The lowest BCUT2D eigenvalue weighted by Crippen LogP contribution is -2.47. The zero-order valence-corrected chi connectivity index (χ0v) is 12.0. The fourth-order valence-corrected chi connectivity index (χ4v) is 2.12. The Morgan fingerprint density at radius 3 is 2.68 bits per heavy atom. The topological polar surface area (TPSA) is 114 Å². The minimum absolute atomic E-state index is 0.269. The summed E-state index contributed by atoms with van der Waals surface area (Å²) >= 11 is 0. The molecule has 0 spiro atoms. The first kappa shape index (κ1) is 15.4. The van der Waals surface area contributed by atoms with Crippen molar-refractivity contribution < 1.29 is 14.4 Å². The van der Waals surface area contributed by atoms with E-state index in [9.17, 15) is 14.4 Å². The predicted octanol–water partition coefficient (Wildman–Crippen LogP) is -0.0454. The third kappa shape index (κ3) is 3.38. The SMILES string of the molecule is CNC(=O)[C@H](CC(N)=O)NC(=O)c1cccc2ncccc12. The number of hydrogen-bond acceptors (Lipinski definition) is 4. The van der Waals surface area contributed by atoms with Gasteiger partial charge in [-0.3, -0.25) is 19.4 Å². The van der Waals surface area contributed by atoms with Gasteiger partial charge in [-0.05, 0) is 18.2 Å². The molecule has 7 nitrogen and oxygen atoms in total. The fraction of sp³-hybridized carbons (Fsp3) is 0.200. The van der Waals surface area contributed by atoms with Crippen LogP contribution in [0.15, 0.2) is 36.5 Å². The summed E-state index contributed by atoms with van der Waals surface area (Å²) in [5.74, 6) is -1.62. The van der Waals surface area contributed by atoms with Gasteiger partial charge in [0.15, 0.2) is 0 Å². The molecule has 1 heterocycles. The van der Waals surface area contributed by atoms with Crippen LogP contribution in [0.2, 0.25) is 0 Å². The minimum Gasteiger partial charge on any atom is -0.370 e. The number of nitrogens with one attached hydrogen (secondary N) is 2. The minimum atomic E-state index is -1.01. The number of carbonyl (C=O) groups is 3. The van der Waals surface area contributed by atoms with Crippen molar-refractivity contribution in [2.75, 3.05) is 7.05 Å². The van der Waals surface area contributed by atoms with Crippen molar-refractivity contribution in [3.05, 3.63) is 42.1 Å². The molecule has 0 aliphatic rings. The first-order valence-corrected chi connectivity index (χ1v) is 6.67. The van der Waals surface area contributed by atoms with E-state index in [4.69, 9.17) is 5.73 Å². The molecule has 7 heteroatoms. The van der Waals surface area contributed by atoms with E-state index in [1.807, 2.05) is 0 Å². The van der Waals surface area contributed by atoms with Gasteiger partial charge in [0, 0.05) is 24.2 Å². The molecule has 1 atom stereocenters. The lowest BCUT2D eigenvalue weighted by Gasteiger charge is -2.16. The average molecular weight is 300 g/mol. The highest BCUT2D eigenvalue weighted by Gasteiger charge is 2.23. The molecule has 0 radical (unpaired) electrons. The number of hydrogen-bond donors (Lipinski definition) is 3. The summed E-state index contributed by atoms with van der Waals surface area (Å²) in [6.45, 7) is 0. The lowest BCUT2D eigenvalue weighted by atomic mass is 10.1. The molecule has 1 aromatic carbocycles. The summed E-state index contributed by atoms with van der Waals surface area (Å²) in [7, 11) is 1.42. The van der Waals surface area contributed by atoms with Gasteiger partial charge in [-0.2, -0.15) is 0 Å². The Morgan fingerprint density at radius 2 is 2.00 bits per heavy atom. The van der Waals surface area contributed by atoms with Crippen molar-refractivity contribution >= 4 is 28.6 Å². The van der Waals surface area contributed by atoms with Gasteiger partial charge in [0.05, 0.1) is 11.9 Å². The summed E-state index contributed by atoms with van der Waals surface area (Å²) in [4.78, 5) is 39.3. The number of nitrogens with zero attached hydrogens (tertiary/aromatic N) is 1. The van der Waals surface area contributed by atoms with Crippen molar-refractivity contribution in [1.82, 2.24) is 15.6 Å². The summed E-state index contributed by atoms with van der Waals surface area (Å²) in [6.07, 6.45) is 1.36. The Bertz CT molecular complexity index is 724. The Labute approximate surface area is 126 Å². The Balaban J connectivity index is 2.29. The highest BCUT2D eigenvalue weighted by molar-refractivity contribution is 6.07. The number of benzene rings is 1. The number of pyridine rings is 1. The molecule has 0 aliphatic heterocycles. The van der Waals surface area contributed by atoms with Gasteiger partial charge in [0.25, 0.3) is 5.91 Å². The predicted molar refractivity (Wildman–Crippen MR) is 80.9 cm³/mol. The van der Waals surface area contributed by atoms with Crippen LogP contribution < -0.4 is 16.4 Å². The summed E-state index contributed by atoms with van der Waals surface area (Å²) < 4.78 is 0. The van der Waals surface area contributed by atoms with Gasteiger partial charge in [0.1, 0.15) is 6.04 Å². The number of carbonyl (C=O) groups excluding carboxylic acids is 3. The summed E-state index contributed by atoms with van der Waals surface area (Å²) in [5.41, 5.74) is 6.16. The molecule has 0 saturated heterocycles. The number of likely N-dealkylation sites (N-methyl/N-ethyl adjacent to an activating group) is 1. The van der Waals surface area contributed by atoms with E-state index in [1.165, 1.54) is 7.05 Å². The zero-order chi connectivity index (χ0) is 16.1. The normalized spacial score (nSPS) is 11.7. The van der Waals surface area contributed by atoms with Gasteiger partial charge in [0.2, 0.25) is 11.8 Å². The maximum Gasteiger partial charge on any atom is 0.252 e. The van der Waals surface area contributed by atoms with Crippen molar-refractivity contribution in [3.8, 4) is 0 Å². The smallest absolute Gasteiger partial charge is 0.252 e. The zero-order valence-electron chi connectivity index (χ0n) is 12.0. The molecule has 0 fully saturated rings. The lowest BCUT2D eigenvalue weighted by molar-refractivity contribution is -0.126. The van der Waals surface area contributed by atoms with Crippen LogP contribution in [0.3, 0.4) is 0 Å². The molecule has 1 aromatic heterocycles. The van der Waals surface area contributed by atoms with E-state index in [1.54, 1.807) is 36.5 Å². The molecule has 3 amide bonds. The fourth-order valence-electron chi connectivity index (χ4n) is 2.12. The Kier molecular flexibility index (Phi) is 4.67. The quantitative estimate of drug-likeness (QED) is 0.718. The Hall–Kier alpha value is -2.96. The molecule has 114 valence electrons. The van der Waals surface area contributed by atoms with E-state index in [0.717, 1.165) is 0 Å². The molecule has 0 saturated carbocycles. The van der Waals surface area contributed by atoms with Crippen LogP contribution in [0.5, 0.6) is 0 Å². The van der Waals surface area contributed by atoms with E-state index in [0.29, 0.717) is 16.5 Å². The molecule has 0 bridgehead atoms. The van der Waals surface area contributed by atoms with Gasteiger partial charge < -0.3 is 16.4 Å². The van der Waals surface area contributed by atoms with Gasteiger partial charge in [-0.25, -0.2) is 0 Å². The number of rotatable bonds is 5. The number of nitrogens with two attached hydrogens (primary N) is 1. The highest BCUT2D eigenvalue weighted by atomic mass is 16.2. The molecule has 0 aliphatic carbocycles. The van der Waals surface area contributed by atoms with Crippen LogP contribution in [0.4, 0.5) is 0 Å². The van der Waals surface area contributed by atoms with E-state index in [2.05, 4.69) is 15.6 Å². The van der Waals surface area contributed by atoms with Gasteiger partial charge >= 0.3 is 0 Å². The van der Waals surface area contributed by atoms with Crippen molar-refractivity contribution in [3.63, 3.8) is 0 Å². The van der Waals surface area contributed by atoms with E-state index >= 15 is 0 Å². The molecule has 4 N–H and O–H groups in total. The van der Waals surface area contributed by atoms with Gasteiger partial charge in [-0.15, -0.1) is 0 Å². The molecule has 0 unspecified atom stereocenters. The van der Waals surface area contributed by atoms with Crippen LogP contribution in [-0.4, -0.2) is 35.8 Å². The van der Waals surface area contributed by atoms with Crippen molar-refractivity contribution in [2.24, 2.45) is 5.73 Å². The molecule has 22 heavy (non-hydrogen) atoms. The highest BCUT2D eigenvalue weighted by Crippen LogP contribution is 2.16. The first-order chi connectivity index (χ1) is 10.5. The molecule has 2 aromatic rings. The number of aromatic nitrogens is 1. The van der Waals surface area contributed by atoms with E-state index in [-0.39, 0.29) is 6.42 Å². The number of primary amides is 1. The van der Waals surface area contributed by atoms with Crippen LogP contribution in [-0.2, 0) is 9.59 Å². The number of fused-ring (bicyclic) bond motifs is 1. The van der Waals surface area contributed by atoms with Crippen LogP contribution in [0, 0.1) is 0 Å².